The Morgan fingerprint density at radius 2 is 1.54 bits per heavy atom. The molecule has 1 saturated heterocycles. The van der Waals surface area contributed by atoms with Gasteiger partial charge in [-0.1, -0.05) is 12.1 Å². The first-order chi connectivity index (χ1) is 13.5. The topological polar surface area (TPSA) is 45.2 Å². The zero-order valence-electron chi connectivity index (χ0n) is 15.0. The van der Waals surface area contributed by atoms with Gasteiger partial charge in [-0.3, -0.25) is 4.98 Å². The molecule has 144 valence electrons. The summed E-state index contributed by atoms with van der Waals surface area (Å²) in [4.78, 5) is 8.30. The number of benzene rings is 1. The fourth-order valence-corrected chi connectivity index (χ4v) is 3.22. The van der Waals surface area contributed by atoms with Crippen LogP contribution in [0.1, 0.15) is 5.56 Å². The van der Waals surface area contributed by atoms with Crippen LogP contribution in [0.4, 0.5) is 24.7 Å². The molecule has 5 nitrogen and oxygen atoms in total. The summed E-state index contributed by atoms with van der Waals surface area (Å²) in [5.41, 5.74) is 1.43. The molecule has 8 heteroatoms. The van der Waals surface area contributed by atoms with E-state index < -0.39 is 11.7 Å². The Morgan fingerprint density at radius 1 is 0.750 bits per heavy atom. The van der Waals surface area contributed by atoms with Crippen LogP contribution >= 0.6 is 0 Å². The second kappa shape index (κ2) is 7.46. The number of hydrogen-bond donors (Lipinski definition) is 0. The molecule has 3 heterocycles. The van der Waals surface area contributed by atoms with Crippen LogP contribution in [-0.2, 0) is 6.18 Å². The van der Waals surface area contributed by atoms with Gasteiger partial charge in [-0.2, -0.15) is 13.2 Å². The number of anilines is 2. The van der Waals surface area contributed by atoms with E-state index >= 15 is 0 Å². The molecule has 0 saturated carbocycles. The highest BCUT2D eigenvalue weighted by Gasteiger charge is 2.31. The standard InChI is InChI=1S/C20H18F3N5/c21-20(22,23)15-4-3-5-16(14-15)27-10-12-28(13-11-27)19-8-7-18(25-26-19)17-6-1-2-9-24-17/h1-9,14H,10-13H2. The zero-order valence-corrected chi connectivity index (χ0v) is 15.0. The van der Waals surface area contributed by atoms with Gasteiger partial charge in [0.1, 0.15) is 5.69 Å². The van der Waals surface area contributed by atoms with Gasteiger partial charge in [0.25, 0.3) is 0 Å². The van der Waals surface area contributed by atoms with Crippen molar-refractivity contribution in [2.24, 2.45) is 0 Å². The van der Waals surface area contributed by atoms with Crippen LogP contribution in [0.5, 0.6) is 0 Å². The van der Waals surface area contributed by atoms with E-state index in [4.69, 9.17) is 0 Å². The monoisotopic (exact) mass is 385 g/mol. The van der Waals surface area contributed by atoms with Crippen LogP contribution in [0, 0.1) is 0 Å². The smallest absolute Gasteiger partial charge is 0.368 e. The van der Waals surface area contributed by atoms with E-state index in [9.17, 15) is 13.2 Å². The molecule has 0 aliphatic carbocycles. The minimum atomic E-state index is -4.33. The Labute approximate surface area is 160 Å². The fourth-order valence-electron chi connectivity index (χ4n) is 3.22. The highest BCUT2D eigenvalue weighted by Crippen LogP contribution is 2.32. The molecule has 3 aromatic rings. The molecule has 28 heavy (non-hydrogen) atoms. The first kappa shape index (κ1) is 18.2. The van der Waals surface area contributed by atoms with Gasteiger partial charge in [-0.15, -0.1) is 10.2 Å². The van der Waals surface area contributed by atoms with Crippen LogP contribution in [0.15, 0.2) is 60.8 Å². The van der Waals surface area contributed by atoms with Crippen molar-refractivity contribution in [2.45, 2.75) is 6.18 Å². The molecule has 1 fully saturated rings. The molecule has 0 spiro atoms. The first-order valence-corrected chi connectivity index (χ1v) is 8.93. The van der Waals surface area contributed by atoms with Crippen LogP contribution in [0.2, 0.25) is 0 Å². The van der Waals surface area contributed by atoms with Gasteiger partial charge in [0.2, 0.25) is 0 Å². The maximum Gasteiger partial charge on any atom is 0.416 e. The molecule has 0 atom stereocenters. The number of halogens is 3. The van der Waals surface area contributed by atoms with E-state index in [0.717, 1.165) is 17.6 Å². The lowest BCUT2D eigenvalue weighted by Crippen LogP contribution is -2.47. The number of pyridine rings is 1. The van der Waals surface area contributed by atoms with Crippen LogP contribution in [0.25, 0.3) is 11.4 Å². The molecule has 1 aliphatic heterocycles. The summed E-state index contributed by atoms with van der Waals surface area (Å²) in [6, 6.07) is 14.9. The van der Waals surface area contributed by atoms with Gasteiger partial charge in [0.05, 0.1) is 11.3 Å². The predicted octanol–water partition coefficient (Wildman–Crippen LogP) is 3.88. The summed E-state index contributed by atoms with van der Waals surface area (Å²) < 4.78 is 38.8. The third-order valence-electron chi connectivity index (χ3n) is 4.72. The van der Waals surface area contributed by atoms with E-state index in [2.05, 4.69) is 20.1 Å². The predicted molar refractivity (Wildman–Crippen MR) is 101 cm³/mol. The Morgan fingerprint density at radius 3 is 2.18 bits per heavy atom. The molecule has 1 aromatic carbocycles. The quantitative estimate of drug-likeness (QED) is 0.685. The molecule has 4 rings (SSSR count). The fraction of sp³-hybridized carbons (Fsp3) is 0.250. The number of rotatable bonds is 3. The second-order valence-electron chi connectivity index (χ2n) is 6.51. The van der Waals surface area contributed by atoms with Gasteiger partial charge < -0.3 is 9.80 Å². The Balaban J connectivity index is 1.42. The lowest BCUT2D eigenvalue weighted by atomic mass is 10.1. The van der Waals surface area contributed by atoms with Gasteiger partial charge >= 0.3 is 6.18 Å². The lowest BCUT2D eigenvalue weighted by Gasteiger charge is -2.36. The van der Waals surface area contributed by atoms with Gasteiger partial charge in [0, 0.05) is 38.1 Å². The molecule has 0 bridgehead atoms. The van der Waals surface area contributed by atoms with Crippen molar-refractivity contribution in [1.82, 2.24) is 15.2 Å². The first-order valence-electron chi connectivity index (χ1n) is 8.93. The molecule has 0 N–H and O–H groups in total. The second-order valence-corrected chi connectivity index (χ2v) is 6.51. The van der Waals surface area contributed by atoms with E-state index in [0.29, 0.717) is 37.6 Å². The molecule has 0 amide bonds. The van der Waals surface area contributed by atoms with E-state index in [1.54, 1.807) is 12.3 Å². The molecule has 1 aliphatic rings. The third-order valence-corrected chi connectivity index (χ3v) is 4.72. The van der Waals surface area contributed by atoms with Crippen molar-refractivity contribution < 1.29 is 13.2 Å². The summed E-state index contributed by atoms with van der Waals surface area (Å²) in [6.45, 7) is 2.55. The minimum Gasteiger partial charge on any atom is -0.368 e. The van der Waals surface area contributed by atoms with Crippen molar-refractivity contribution >= 4 is 11.5 Å². The molecule has 0 radical (unpaired) electrons. The van der Waals surface area contributed by atoms with Crippen molar-refractivity contribution in [1.29, 1.82) is 0 Å². The average Bonchev–Trinajstić information content (AvgIpc) is 2.74. The number of alkyl halides is 3. The SMILES string of the molecule is FC(F)(F)c1cccc(N2CCN(c3ccc(-c4ccccn4)nn3)CC2)c1. The third kappa shape index (κ3) is 3.90. The van der Waals surface area contributed by atoms with Crippen molar-refractivity contribution in [3.05, 3.63) is 66.4 Å². The van der Waals surface area contributed by atoms with Gasteiger partial charge in [-0.25, -0.2) is 0 Å². The molecular weight excluding hydrogens is 367 g/mol. The van der Waals surface area contributed by atoms with Crippen molar-refractivity contribution in [3.63, 3.8) is 0 Å². The average molecular weight is 385 g/mol. The lowest BCUT2D eigenvalue weighted by molar-refractivity contribution is -0.137. The maximum atomic E-state index is 12.9. The largest absolute Gasteiger partial charge is 0.416 e. The highest BCUT2D eigenvalue weighted by molar-refractivity contribution is 5.56. The molecular formula is C20H18F3N5. The van der Waals surface area contributed by atoms with E-state index in [1.165, 1.54) is 12.1 Å². The normalized spacial score (nSPS) is 15.0. The Kier molecular flexibility index (Phi) is 4.85. The Hall–Kier alpha value is -3.16. The van der Waals surface area contributed by atoms with Crippen LogP contribution in [-0.4, -0.2) is 41.4 Å². The summed E-state index contributed by atoms with van der Waals surface area (Å²) in [6.07, 6.45) is -2.62. The molecule has 2 aromatic heterocycles. The summed E-state index contributed by atoms with van der Waals surface area (Å²) >= 11 is 0. The summed E-state index contributed by atoms with van der Waals surface area (Å²) in [7, 11) is 0. The summed E-state index contributed by atoms with van der Waals surface area (Å²) in [5.74, 6) is 0.753. The molecule has 0 unspecified atom stereocenters. The van der Waals surface area contributed by atoms with Crippen LogP contribution in [0.3, 0.4) is 0 Å². The minimum absolute atomic E-state index is 0.589. The van der Waals surface area contributed by atoms with Crippen molar-refractivity contribution in [3.8, 4) is 11.4 Å². The van der Waals surface area contributed by atoms with E-state index in [-0.39, 0.29) is 0 Å². The van der Waals surface area contributed by atoms with Gasteiger partial charge in [-0.05, 0) is 42.5 Å². The number of nitrogens with zero attached hydrogens (tertiary/aromatic N) is 5. The number of aromatic nitrogens is 3. The zero-order chi connectivity index (χ0) is 19.6. The number of hydrogen-bond acceptors (Lipinski definition) is 5. The number of piperazine rings is 1. The highest BCUT2D eigenvalue weighted by atomic mass is 19.4. The van der Waals surface area contributed by atoms with Gasteiger partial charge in [0.15, 0.2) is 5.82 Å². The summed E-state index contributed by atoms with van der Waals surface area (Å²) in [5, 5.41) is 8.54. The van der Waals surface area contributed by atoms with Crippen LogP contribution < -0.4 is 9.80 Å². The van der Waals surface area contributed by atoms with Crippen molar-refractivity contribution in [2.75, 3.05) is 36.0 Å². The van der Waals surface area contributed by atoms with E-state index in [1.807, 2.05) is 35.2 Å². The maximum absolute atomic E-state index is 12.9. The Bertz CT molecular complexity index is 921.